The first-order chi connectivity index (χ1) is 9.02. The van der Waals surface area contributed by atoms with Crippen LogP contribution in [0.2, 0.25) is 0 Å². The van der Waals surface area contributed by atoms with Crippen LogP contribution in [0.1, 0.15) is 59.8 Å². The summed E-state index contributed by atoms with van der Waals surface area (Å²) in [4.78, 5) is 23.1. The van der Waals surface area contributed by atoms with E-state index in [2.05, 4.69) is 10.6 Å². The van der Waals surface area contributed by atoms with E-state index in [9.17, 15) is 9.59 Å². The SMILES string of the molecule is CCCC(=O)C(C)NCCCNC(C)C(=O)CCC. The van der Waals surface area contributed by atoms with Crippen molar-refractivity contribution in [2.75, 3.05) is 13.1 Å². The number of carbonyl (C=O) groups excluding carboxylic acids is 2. The number of ketones is 2. The molecule has 0 rings (SSSR count). The Morgan fingerprint density at radius 2 is 1.21 bits per heavy atom. The van der Waals surface area contributed by atoms with E-state index in [1.165, 1.54) is 0 Å². The van der Waals surface area contributed by atoms with Gasteiger partial charge in [-0.05, 0) is 46.2 Å². The molecule has 0 aliphatic carbocycles. The van der Waals surface area contributed by atoms with Gasteiger partial charge in [0.2, 0.25) is 0 Å². The summed E-state index contributed by atoms with van der Waals surface area (Å²) in [6, 6.07) is -0.113. The van der Waals surface area contributed by atoms with Crippen molar-refractivity contribution in [3.05, 3.63) is 0 Å². The predicted octanol–water partition coefficient (Wildman–Crippen LogP) is 2.07. The lowest BCUT2D eigenvalue weighted by molar-refractivity contribution is -0.121. The molecule has 0 aliphatic heterocycles. The van der Waals surface area contributed by atoms with E-state index in [0.29, 0.717) is 12.8 Å². The highest BCUT2D eigenvalue weighted by atomic mass is 16.1. The van der Waals surface area contributed by atoms with Crippen LogP contribution in [-0.2, 0) is 9.59 Å². The standard InChI is InChI=1S/C15H30N2O2/c1-5-8-14(18)12(3)16-10-7-11-17-13(4)15(19)9-6-2/h12-13,16-17H,5-11H2,1-4H3. The Kier molecular flexibility index (Phi) is 10.7. The Morgan fingerprint density at radius 1 is 0.842 bits per heavy atom. The molecule has 0 saturated carbocycles. The van der Waals surface area contributed by atoms with Gasteiger partial charge in [0.15, 0.2) is 0 Å². The summed E-state index contributed by atoms with van der Waals surface area (Å²) in [6.07, 6.45) is 4.03. The van der Waals surface area contributed by atoms with Gasteiger partial charge in [-0.25, -0.2) is 0 Å². The molecule has 2 atom stereocenters. The molecule has 2 unspecified atom stereocenters. The summed E-state index contributed by atoms with van der Waals surface area (Å²) >= 11 is 0. The minimum Gasteiger partial charge on any atom is -0.308 e. The molecule has 0 saturated heterocycles. The molecule has 0 aliphatic rings. The van der Waals surface area contributed by atoms with Crippen molar-refractivity contribution in [3.8, 4) is 0 Å². The Labute approximate surface area is 117 Å². The van der Waals surface area contributed by atoms with E-state index in [0.717, 1.165) is 32.4 Å². The first-order valence-electron chi connectivity index (χ1n) is 7.55. The van der Waals surface area contributed by atoms with Gasteiger partial charge in [-0.15, -0.1) is 0 Å². The van der Waals surface area contributed by atoms with Crippen LogP contribution < -0.4 is 10.6 Å². The summed E-state index contributed by atoms with van der Waals surface area (Å²) in [6.45, 7) is 9.47. The normalized spacial score (nSPS) is 14.1. The van der Waals surface area contributed by atoms with E-state index in [1.54, 1.807) is 0 Å². The maximum absolute atomic E-state index is 11.6. The minimum atomic E-state index is -0.0564. The molecule has 4 heteroatoms. The molecule has 0 bridgehead atoms. The number of carbonyl (C=O) groups is 2. The molecule has 0 radical (unpaired) electrons. The van der Waals surface area contributed by atoms with Crippen LogP contribution in [0.25, 0.3) is 0 Å². The smallest absolute Gasteiger partial charge is 0.149 e. The van der Waals surface area contributed by atoms with Gasteiger partial charge in [-0.3, -0.25) is 9.59 Å². The van der Waals surface area contributed by atoms with Gasteiger partial charge >= 0.3 is 0 Å². The number of hydrogen-bond acceptors (Lipinski definition) is 4. The maximum atomic E-state index is 11.6. The molecule has 112 valence electrons. The summed E-state index contributed by atoms with van der Waals surface area (Å²) in [5, 5.41) is 6.44. The molecular weight excluding hydrogens is 240 g/mol. The molecular formula is C15H30N2O2. The molecule has 0 aromatic heterocycles. The number of rotatable bonds is 12. The van der Waals surface area contributed by atoms with Crippen LogP contribution in [0.15, 0.2) is 0 Å². The van der Waals surface area contributed by atoms with Gasteiger partial charge in [0.1, 0.15) is 11.6 Å². The van der Waals surface area contributed by atoms with E-state index in [-0.39, 0.29) is 23.7 Å². The average Bonchev–Trinajstić information content (AvgIpc) is 2.38. The van der Waals surface area contributed by atoms with Crippen molar-refractivity contribution in [1.82, 2.24) is 10.6 Å². The van der Waals surface area contributed by atoms with Crippen molar-refractivity contribution in [2.45, 2.75) is 71.9 Å². The molecule has 0 amide bonds. The van der Waals surface area contributed by atoms with Crippen molar-refractivity contribution in [3.63, 3.8) is 0 Å². The van der Waals surface area contributed by atoms with Crippen LogP contribution in [-0.4, -0.2) is 36.7 Å². The predicted molar refractivity (Wildman–Crippen MR) is 79.4 cm³/mol. The number of nitrogens with one attached hydrogen (secondary N) is 2. The van der Waals surface area contributed by atoms with Gasteiger partial charge in [0, 0.05) is 12.8 Å². The summed E-state index contributed by atoms with van der Waals surface area (Å²) in [7, 11) is 0. The van der Waals surface area contributed by atoms with Gasteiger partial charge in [0.05, 0.1) is 12.1 Å². The Balaban J connectivity index is 3.59. The first-order valence-corrected chi connectivity index (χ1v) is 7.55. The summed E-state index contributed by atoms with van der Waals surface area (Å²) < 4.78 is 0. The van der Waals surface area contributed by atoms with Gasteiger partial charge in [-0.1, -0.05) is 13.8 Å². The third kappa shape index (κ3) is 8.89. The zero-order valence-electron chi connectivity index (χ0n) is 12.9. The lowest BCUT2D eigenvalue weighted by atomic mass is 10.1. The van der Waals surface area contributed by atoms with Crippen LogP contribution in [0.4, 0.5) is 0 Å². The molecule has 19 heavy (non-hydrogen) atoms. The highest BCUT2D eigenvalue weighted by molar-refractivity contribution is 5.83. The van der Waals surface area contributed by atoms with Crippen molar-refractivity contribution >= 4 is 11.6 Å². The molecule has 0 spiro atoms. The second-order valence-corrected chi connectivity index (χ2v) is 5.14. The fourth-order valence-corrected chi connectivity index (χ4v) is 1.88. The quantitative estimate of drug-likeness (QED) is 0.533. The summed E-state index contributed by atoms with van der Waals surface area (Å²) in [5.41, 5.74) is 0. The van der Waals surface area contributed by atoms with Crippen molar-refractivity contribution in [2.24, 2.45) is 0 Å². The van der Waals surface area contributed by atoms with E-state index in [1.807, 2.05) is 27.7 Å². The first kappa shape index (κ1) is 18.3. The maximum Gasteiger partial charge on any atom is 0.149 e. The highest BCUT2D eigenvalue weighted by Gasteiger charge is 2.11. The second-order valence-electron chi connectivity index (χ2n) is 5.14. The lowest BCUT2D eigenvalue weighted by Crippen LogP contribution is -2.38. The monoisotopic (exact) mass is 270 g/mol. The zero-order valence-corrected chi connectivity index (χ0v) is 12.9. The largest absolute Gasteiger partial charge is 0.308 e. The van der Waals surface area contributed by atoms with Gasteiger partial charge in [-0.2, -0.15) is 0 Å². The third-order valence-electron chi connectivity index (χ3n) is 3.21. The van der Waals surface area contributed by atoms with Crippen LogP contribution in [0.5, 0.6) is 0 Å². The highest BCUT2D eigenvalue weighted by Crippen LogP contribution is 1.96. The Hall–Kier alpha value is -0.740. The average molecular weight is 270 g/mol. The van der Waals surface area contributed by atoms with Gasteiger partial charge in [0.25, 0.3) is 0 Å². The fourth-order valence-electron chi connectivity index (χ4n) is 1.88. The molecule has 0 aromatic carbocycles. The van der Waals surface area contributed by atoms with Crippen molar-refractivity contribution in [1.29, 1.82) is 0 Å². The zero-order chi connectivity index (χ0) is 14.7. The van der Waals surface area contributed by atoms with Crippen LogP contribution in [0, 0.1) is 0 Å². The molecule has 0 fully saturated rings. The second kappa shape index (κ2) is 11.1. The topological polar surface area (TPSA) is 58.2 Å². The van der Waals surface area contributed by atoms with E-state index < -0.39 is 0 Å². The number of Topliss-reactive ketones (excluding diaryl/α,β-unsaturated/α-hetero) is 2. The Morgan fingerprint density at radius 3 is 1.53 bits per heavy atom. The van der Waals surface area contributed by atoms with E-state index in [4.69, 9.17) is 0 Å². The molecule has 4 nitrogen and oxygen atoms in total. The van der Waals surface area contributed by atoms with Gasteiger partial charge < -0.3 is 10.6 Å². The summed E-state index contributed by atoms with van der Waals surface area (Å²) in [5.74, 6) is 0.559. The van der Waals surface area contributed by atoms with Crippen LogP contribution >= 0.6 is 0 Å². The molecule has 2 N–H and O–H groups in total. The fraction of sp³-hybridized carbons (Fsp3) is 0.867. The number of hydrogen-bond donors (Lipinski definition) is 2. The molecule has 0 heterocycles. The third-order valence-corrected chi connectivity index (χ3v) is 3.21. The lowest BCUT2D eigenvalue weighted by Gasteiger charge is -2.14. The Bertz CT molecular complexity index is 241. The minimum absolute atomic E-state index is 0.0564. The molecule has 0 aromatic rings. The van der Waals surface area contributed by atoms with E-state index >= 15 is 0 Å². The van der Waals surface area contributed by atoms with Crippen molar-refractivity contribution < 1.29 is 9.59 Å². The van der Waals surface area contributed by atoms with Crippen LogP contribution in [0.3, 0.4) is 0 Å².